The highest BCUT2D eigenvalue weighted by atomic mass is 16.6. The van der Waals surface area contributed by atoms with Crippen LogP contribution in [0.5, 0.6) is 0 Å². The lowest BCUT2D eigenvalue weighted by atomic mass is 9.70. The molecule has 0 saturated carbocycles. The fraction of sp³-hybridized carbons (Fsp3) is 0.548. The van der Waals surface area contributed by atoms with Crippen LogP contribution in [-0.4, -0.2) is 83.8 Å². The standard InChI is InChI=1S/C31H41N3O7/c1-6-8-9-24(36)32-18-21(5)40-30(39)25-23-12-13-31(41-23)26(25)28(37)34(15-16-35)27(31)29(38)33(14-7-2)22-17-19(3)10-11-20(22)4/h6-7,10-11,17,21,23,25-27,35H,1-2,8-9,12-16,18H2,3-5H3,(H,32,36)/t21-,23-,25+,26+,27-,31+/m0/s1. The van der Waals surface area contributed by atoms with E-state index in [2.05, 4.69) is 18.5 Å². The van der Waals surface area contributed by atoms with Gasteiger partial charge >= 0.3 is 5.97 Å². The van der Waals surface area contributed by atoms with Crippen molar-refractivity contribution in [2.45, 2.75) is 70.3 Å². The second kappa shape index (κ2) is 12.6. The Balaban J connectivity index is 1.60. The van der Waals surface area contributed by atoms with E-state index >= 15 is 0 Å². The molecule has 1 aromatic carbocycles. The summed E-state index contributed by atoms with van der Waals surface area (Å²) in [5.74, 6) is -3.29. The first-order valence-electron chi connectivity index (χ1n) is 14.3. The molecule has 0 aliphatic carbocycles. The number of anilines is 1. The van der Waals surface area contributed by atoms with E-state index in [1.54, 1.807) is 24.0 Å². The van der Waals surface area contributed by atoms with E-state index in [0.717, 1.165) is 11.1 Å². The Morgan fingerprint density at radius 2 is 2.05 bits per heavy atom. The van der Waals surface area contributed by atoms with E-state index in [0.29, 0.717) is 31.4 Å². The third kappa shape index (κ3) is 5.67. The zero-order valence-electron chi connectivity index (χ0n) is 24.1. The van der Waals surface area contributed by atoms with Crippen LogP contribution in [0.15, 0.2) is 43.5 Å². The molecule has 0 aromatic heterocycles. The number of hydrogen-bond acceptors (Lipinski definition) is 7. The van der Waals surface area contributed by atoms with Gasteiger partial charge in [-0.3, -0.25) is 19.2 Å². The predicted molar refractivity (Wildman–Crippen MR) is 153 cm³/mol. The topological polar surface area (TPSA) is 125 Å². The van der Waals surface area contributed by atoms with Crippen LogP contribution in [0.3, 0.4) is 0 Å². The summed E-state index contributed by atoms with van der Waals surface area (Å²) in [4.78, 5) is 56.7. The number of carbonyl (C=O) groups is 4. The molecule has 2 N–H and O–H groups in total. The molecule has 4 rings (SSSR count). The van der Waals surface area contributed by atoms with Crippen LogP contribution in [0.1, 0.15) is 43.7 Å². The molecule has 10 nitrogen and oxygen atoms in total. The number of likely N-dealkylation sites (tertiary alicyclic amines) is 1. The van der Waals surface area contributed by atoms with Crippen molar-refractivity contribution in [3.8, 4) is 0 Å². The van der Waals surface area contributed by atoms with Gasteiger partial charge in [-0.15, -0.1) is 13.2 Å². The number of allylic oxidation sites excluding steroid dienone is 1. The van der Waals surface area contributed by atoms with Crippen LogP contribution in [0, 0.1) is 25.7 Å². The lowest BCUT2D eigenvalue weighted by molar-refractivity contribution is -0.159. The SMILES string of the molecule is C=CCCC(=O)NC[C@H](C)OC(=O)[C@@H]1[C@@H]2CC[C@]3(O2)[C@H](C(=O)N(CC=C)c2cc(C)ccc2C)N(CCO)C(=O)[C@@H]13. The molecule has 3 heterocycles. The third-order valence-corrected chi connectivity index (χ3v) is 8.36. The van der Waals surface area contributed by atoms with Crippen LogP contribution in [0.4, 0.5) is 5.69 Å². The van der Waals surface area contributed by atoms with Crippen LogP contribution in [0.2, 0.25) is 0 Å². The number of esters is 1. The summed E-state index contributed by atoms with van der Waals surface area (Å²) in [6, 6.07) is 4.81. The number of aliphatic hydroxyl groups excluding tert-OH is 1. The van der Waals surface area contributed by atoms with Gasteiger partial charge in [0, 0.05) is 25.2 Å². The first-order valence-corrected chi connectivity index (χ1v) is 14.3. The number of nitrogens with zero attached hydrogens (tertiary/aromatic N) is 2. The molecule has 1 spiro atoms. The van der Waals surface area contributed by atoms with Crippen LogP contribution >= 0.6 is 0 Å². The molecule has 2 bridgehead atoms. The quantitative estimate of drug-likeness (QED) is 0.277. The fourth-order valence-electron chi connectivity index (χ4n) is 6.54. The van der Waals surface area contributed by atoms with Crippen molar-refractivity contribution in [1.82, 2.24) is 10.2 Å². The molecule has 222 valence electrons. The van der Waals surface area contributed by atoms with Gasteiger partial charge in [0.2, 0.25) is 11.8 Å². The van der Waals surface area contributed by atoms with Gasteiger partial charge in [0.25, 0.3) is 5.91 Å². The highest BCUT2D eigenvalue weighted by molar-refractivity contribution is 6.05. The molecule has 1 aromatic rings. The molecular formula is C31H41N3O7. The smallest absolute Gasteiger partial charge is 0.312 e. The summed E-state index contributed by atoms with van der Waals surface area (Å²) in [6.07, 6.45) is 3.87. The van der Waals surface area contributed by atoms with Crippen molar-refractivity contribution in [3.05, 3.63) is 54.6 Å². The number of nitrogens with one attached hydrogen (secondary N) is 1. The molecule has 41 heavy (non-hydrogen) atoms. The van der Waals surface area contributed by atoms with Crippen molar-refractivity contribution in [3.63, 3.8) is 0 Å². The molecule has 3 aliphatic rings. The number of aliphatic hydroxyl groups is 1. The molecule has 3 aliphatic heterocycles. The summed E-state index contributed by atoms with van der Waals surface area (Å²) < 4.78 is 12.1. The van der Waals surface area contributed by atoms with Crippen molar-refractivity contribution >= 4 is 29.4 Å². The van der Waals surface area contributed by atoms with Crippen LogP contribution in [0.25, 0.3) is 0 Å². The number of carbonyl (C=O) groups excluding carboxylic acids is 4. The maximum Gasteiger partial charge on any atom is 0.312 e. The summed E-state index contributed by atoms with van der Waals surface area (Å²) >= 11 is 0. The Hall–Kier alpha value is -3.50. The van der Waals surface area contributed by atoms with E-state index in [4.69, 9.17) is 9.47 Å². The normalized spacial score (nSPS) is 26.8. The van der Waals surface area contributed by atoms with Gasteiger partial charge in [0.15, 0.2) is 0 Å². The Bertz CT molecular complexity index is 1220. The van der Waals surface area contributed by atoms with Crippen molar-refractivity contribution in [2.24, 2.45) is 11.8 Å². The summed E-state index contributed by atoms with van der Waals surface area (Å²) in [7, 11) is 0. The molecule has 10 heteroatoms. The largest absolute Gasteiger partial charge is 0.460 e. The average Bonchev–Trinajstić information content (AvgIpc) is 3.58. The fourth-order valence-corrected chi connectivity index (χ4v) is 6.54. The minimum atomic E-state index is -1.21. The van der Waals surface area contributed by atoms with E-state index in [1.807, 2.05) is 32.0 Å². The molecule has 6 atom stereocenters. The van der Waals surface area contributed by atoms with Gasteiger partial charge in [-0.05, 0) is 57.2 Å². The molecule has 3 saturated heterocycles. The zero-order chi connectivity index (χ0) is 29.9. The van der Waals surface area contributed by atoms with Gasteiger partial charge in [-0.25, -0.2) is 0 Å². The molecule has 0 radical (unpaired) electrons. The average molecular weight is 568 g/mol. The number of ether oxygens (including phenoxy) is 2. The Kier molecular flexibility index (Phi) is 9.34. The third-order valence-electron chi connectivity index (χ3n) is 8.36. The Morgan fingerprint density at radius 1 is 1.29 bits per heavy atom. The first kappa shape index (κ1) is 30.5. The minimum Gasteiger partial charge on any atom is -0.460 e. The summed E-state index contributed by atoms with van der Waals surface area (Å²) in [6.45, 7) is 12.9. The maximum absolute atomic E-state index is 14.4. The Morgan fingerprint density at radius 3 is 2.73 bits per heavy atom. The van der Waals surface area contributed by atoms with Gasteiger partial charge in [0.05, 0.1) is 31.1 Å². The monoisotopic (exact) mass is 567 g/mol. The van der Waals surface area contributed by atoms with Crippen LogP contribution in [-0.2, 0) is 28.7 Å². The number of hydrogen-bond donors (Lipinski definition) is 2. The van der Waals surface area contributed by atoms with Crippen molar-refractivity contribution in [2.75, 3.05) is 31.1 Å². The Labute approximate surface area is 241 Å². The van der Waals surface area contributed by atoms with E-state index in [9.17, 15) is 24.3 Å². The van der Waals surface area contributed by atoms with Gasteiger partial charge in [0.1, 0.15) is 17.7 Å². The van der Waals surface area contributed by atoms with E-state index < -0.39 is 47.6 Å². The number of benzene rings is 1. The van der Waals surface area contributed by atoms with Gasteiger partial charge < -0.3 is 29.7 Å². The molecular weight excluding hydrogens is 526 g/mol. The molecule has 0 unspecified atom stereocenters. The minimum absolute atomic E-state index is 0.0643. The highest BCUT2D eigenvalue weighted by Crippen LogP contribution is 2.59. The van der Waals surface area contributed by atoms with Crippen LogP contribution < -0.4 is 10.2 Å². The molecule has 3 amide bonds. The lowest BCUT2D eigenvalue weighted by Crippen LogP contribution is -2.57. The van der Waals surface area contributed by atoms with Crippen molar-refractivity contribution < 1.29 is 33.8 Å². The van der Waals surface area contributed by atoms with E-state index in [1.165, 1.54) is 4.90 Å². The van der Waals surface area contributed by atoms with E-state index in [-0.39, 0.29) is 38.1 Å². The summed E-state index contributed by atoms with van der Waals surface area (Å²) in [5, 5.41) is 12.6. The number of aryl methyl sites for hydroxylation is 2. The van der Waals surface area contributed by atoms with Gasteiger partial charge in [-0.1, -0.05) is 24.3 Å². The predicted octanol–water partition coefficient (Wildman–Crippen LogP) is 2.20. The molecule has 3 fully saturated rings. The summed E-state index contributed by atoms with van der Waals surface area (Å²) in [5.41, 5.74) is 1.36. The number of amides is 3. The number of fused-ring (bicyclic) bond motifs is 1. The number of rotatable bonds is 13. The second-order valence-corrected chi connectivity index (χ2v) is 11.2. The van der Waals surface area contributed by atoms with Crippen molar-refractivity contribution in [1.29, 1.82) is 0 Å². The first-order chi connectivity index (χ1) is 19.6. The van der Waals surface area contributed by atoms with Gasteiger partial charge in [-0.2, -0.15) is 0 Å². The second-order valence-electron chi connectivity index (χ2n) is 11.2. The highest BCUT2D eigenvalue weighted by Gasteiger charge is 2.75. The maximum atomic E-state index is 14.4. The lowest BCUT2D eigenvalue weighted by Gasteiger charge is -2.37. The number of β-amino-alcohol motifs (C(OH)–C–C–N with tert-alkyl or cyclic N) is 1. The zero-order valence-corrected chi connectivity index (χ0v) is 24.1.